The fourth-order valence-corrected chi connectivity index (χ4v) is 2.20. The van der Waals surface area contributed by atoms with Crippen molar-refractivity contribution in [3.8, 4) is 22.8 Å². The van der Waals surface area contributed by atoms with E-state index in [0.717, 1.165) is 36.0 Å². The van der Waals surface area contributed by atoms with Crippen molar-refractivity contribution in [2.75, 3.05) is 31.7 Å². The molecule has 114 valence electrons. The largest absolute Gasteiger partial charge is 0.497 e. The lowest BCUT2D eigenvalue weighted by Crippen LogP contribution is -2.21. The van der Waals surface area contributed by atoms with Crippen molar-refractivity contribution in [2.24, 2.45) is 0 Å². The van der Waals surface area contributed by atoms with E-state index in [-0.39, 0.29) is 0 Å². The Morgan fingerprint density at radius 2 is 1.90 bits per heavy atom. The van der Waals surface area contributed by atoms with Gasteiger partial charge in [-0.2, -0.15) is 0 Å². The maximum absolute atomic E-state index is 5.67. The fourth-order valence-electron chi connectivity index (χ4n) is 2.20. The van der Waals surface area contributed by atoms with Gasteiger partial charge in [-0.15, -0.1) is 0 Å². The van der Waals surface area contributed by atoms with Crippen LogP contribution in [0.15, 0.2) is 28.8 Å². The molecule has 0 N–H and O–H groups in total. The molecule has 2 rings (SSSR count). The van der Waals surface area contributed by atoms with Gasteiger partial charge in [-0.3, -0.25) is 0 Å². The quantitative estimate of drug-likeness (QED) is 0.779. The minimum Gasteiger partial charge on any atom is -0.497 e. The van der Waals surface area contributed by atoms with E-state index in [0.29, 0.717) is 12.4 Å². The van der Waals surface area contributed by atoms with Crippen LogP contribution in [-0.2, 0) is 0 Å². The molecule has 5 nitrogen and oxygen atoms in total. The second kappa shape index (κ2) is 7.02. The van der Waals surface area contributed by atoms with Crippen molar-refractivity contribution in [1.82, 2.24) is 5.16 Å². The maximum atomic E-state index is 5.67. The van der Waals surface area contributed by atoms with Crippen molar-refractivity contribution in [2.45, 2.75) is 20.8 Å². The summed E-state index contributed by atoms with van der Waals surface area (Å²) in [6.07, 6.45) is 0. The summed E-state index contributed by atoms with van der Waals surface area (Å²) in [6.45, 7) is 8.50. The molecule has 0 fully saturated rings. The van der Waals surface area contributed by atoms with Gasteiger partial charge in [0.1, 0.15) is 11.5 Å². The van der Waals surface area contributed by atoms with Crippen molar-refractivity contribution in [3.63, 3.8) is 0 Å². The first-order valence-electron chi connectivity index (χ1n) is 7.26. The molecule has 0 spiro atoms. The summed E-state index contributed by atoms with van der Waals surface area (Å²) >= 11 is 0. The summed E-state index contributed by atoms with van der Waals surface area (Å²) < 4.78 is 16.4. The highest BCUT2D eigenvalue weighted by Crippen LogP contribution is 2.35. The lowest BCUT2D eigenvalue weighted by atomic mass is 10.1. The molecule has 0 unspecified atom stereocenters. The number of hydrogen-bond acceptors (Lipinski definition) is 5. The molecule has 5 heteroatoms. The third-order valence-corrected chi connectivity index (χ3v) is 3.34. The summed E-state index contributed by atoms with van der Waals surface area (Å²) in [4.78, 5) is 2.14. The van der Waals surface area contributed by atoms with Gasteiger partial charge >= 0.3 is 0 Å². The van der Waals surface area contributed by atoms with Crippen molar-refractivity contribution >= 4 is 5.82 Å². The molecular weight excluding hydrogens is 268 g/mol. The molecule has 1 heterocycles. The van der Waals surface area contributed by atoms with Crippen molar-refractivity contribution in [3.05, 3.63) is 24.3 Å². The normalized spacial score (nSPS) is 10.5. The number of methoxy groups -OCH3 is 1. The first-order valence-corrected chi connectivity index (χ1v) is 7.26. The predicted octanol–water partition coefficient (Wildman–Crippen LogP) is 3.60. The lowest BCUT2D eigenvalue weighted by Gasteiger charge is -2.15. The Kier molecular flexibility index (Phi) is 5.09. The fraction of sp³-hybridized carbons (Fsp3) is 0.438. The van der Waals surface area contributed by atoms with Gasteiger partial charge in [-0.05, 0) is 32.9 Å². The number of nitrogens with zero attached hydrogens (tertiary/aromatic N) is 2. The monoisotopic (exact) mass is 290 g/mol. The molecule has 0 atom stereocenters. The molecule has 0 radical (unpaired) electrons. The number of hydrogen-bond donors (Lipinski definition) is 0. The molecule has 0 aliphatic carbocycles. The van der Waals surface area contributed by atoms with Crippen LogP contribution in [0.2, 0.25) is 0 Å². The zero-order valence-corrected chi connectivity index (χ0v) is 13.0. The van der Waals surface area contributed by atoms with Gasteiger partial charge < -0.3 is 18.9 Å². The molecule has 0 bridgehead atoms. The van der Waals surface area contributed by atoms with E-state index < -0.39 is 0 Å². The highest BCUT2D eigenvalue weighted by molar-refractivity contribution is 5.69. The van der Waals surface area contributed by atoms with E-state index in [9.17, 15) is 0 Å². The molecule has 1 aromatic heterocycles. The van der Waals surface area contributed by atoms with Crippen LogP contribution in [0.25, 0.3) is 11.3 Å². The van der Waals surface area contributed by atoms with E-state index in [1.165, 1.54) is 0 Å². The Balaban J connectivity index is 2.37. The van der Waals surface area contributed by atoms with Gasteiger partial charge in [0, 0.05) is 25.2 Å². The number of aromatic nitrogens is 1. The number of ether oxygens (including phenoxy) is 2. The molecule has 2 aromatic rings. The standard InChI is InChI=1S/C16H22N2O3/c1-5-18(6-2)16-11-15(21-17-16)13-9-8-12(19-4)10-14(13)20-7-3/h8-11H,5-7H2,1-4H3. The zero-order chi connectivity index (χ0) is 15.2. The number of rotatable bonds is 7. The van der Waals surface area contributed by atoms with Crippen molar-refractivity contribution < 1.29 is 14.0 Å². The van der Waals surface area contributed by atoms with Gasteiger partial charge in [0.15, 0.2) is 11.6 Å². The second-order valence-corrected chi connectivity index (χ2v) is 4.52. The minimum absolute atomic E-state index is 0.581. The molecule has 0 aliphatic rings. The van der Waals surface area contributed by atoms with E-state index in [4.69, 9.17) is 14.0 Å². The molecule has 21 heavy (non-hydrogen) atoms. The van der Waals surface area contributed by atoms with Gasteiger partial charge in [-0.1, -0.05) is 5.16 Å². The zero-order valence-electron chi connectivity index (χ0n) is 13.0. The van der Waals surface area contributed by atoms with Crippen LogP contribution in [0.5, 0.6) is 11.5 Å². The third kappa shape index (κ3) is 3.29. The lowest BCUT2D eigenvalue weighted by molar-refractivity contribution is 0.335. The average molecular weight is 290 g/mol. The summed E-state index contributed by atoms with van der Waals surface area (Å²) in [5.41, 5.74) is 0.878. The van der Waals surface area contributed by atoms with Gasteiger partial charge in [0.2, 0.25) is 0 Å². The number of anilines is 1. The summed E-state index contributed by atoms with van der Waals surface area (Å²) in [5.74, 6) is 3.03. The third-order valence-electron chi connectivity index (χ3n) is 3.34. The first-order chi connectivity index (χ1) is 10.2. The summed E-state index contributed by atoms with van der Waals surface area (Å²) in [6, 6.07) is 7.61. The average Bonchev–Trinajstić information content (AvgIpc) is 2.98. The van der Waals surface area contributed by atoms with Crippen LogP contribution in [0.3, 0.4) is 0 Å². The topological polar surface area (TPSA) is 47.7 Å². The smallest absolute Gasteiger partial charge is 0.172 e. The second-order valence-electron chi connectivity index (χ2n) is 4.52. The molecule has 0 amide bonds. The Morgan fingerprint density at radius 3 is 2.52 bits per heavy atom. The Hall–Kier alpha value is -2.17. The maximum Gasteiger partial charge on any atom is 0.172 e. The SMILES string of the molecule is CCOc1cc(OC)ccc1-c1cc(N(CC)CC)no1. The van der Waals surface area contributed by atoms with Gasteiger partial charge in [0.05, 0.1) is 19.3 Å². The van der Waals surface area contributed by atoms with Gasteiger partial charge in [0.25, 0.3) is 0 Å². The van der Waals surface area contributed by atoms with E-state index in [1.54, 1.807) is 7.11 Å². The van der Waals surface area contributed by atoms with Crippen LogP contribution in [0, 0.1) is 0 Å². The Labute approximate surface area is 125 Å². The molecule has 1 aromatic carbocycles. The van der Waals surface area contributed by atoms with Crippen LogP contribution in [0.4, 0.5) is 5.82 Å². The predicted molar refractivity (Wildman–Crippen MR) is 83.2 cm³/mol. The molecule has 0 saturated heterocycles. The van der Waals surface area contributed by atoms with Crippen LogP contribution in [0.1, 0.15) is 20.8 Å². The van der Waals surface area contributed by atoms with E-state index in [2.05, 4.69) is 23.9 Å². The van der Waals surface area contributed by atoms with Crippen LogP contribution in [-0.4, -0.2) is 32.0 Å². The van der Waals surface area contributed by atoms with Crippen LogP contribution < -0.4 is 14.4 Å². The molecular formula is C16H22N2O3. The number of benzene rings is 1. The highest BCUT2D eigenvalue weighted by atomic mass is 16.5. The Morgan fingerprint density at radius 1 is 1.14 bits per heavy atom. The first kappa shape index (κ1) is 15.2. The highest BCUT2D eigenvalue weighted by Gasteiger charge is 2.15. The van der Waals surface area contributed by atoms with Gasteiger partial charge in [-0.25, -0.2) is 0 Å². The van der Waals surface area contributed by atoms with Crippen molar-refractivity contribution in [1.29, 1.82) is 0 Å². The van der Waals surface area contributed by atoms with E-state index in [1.807, 2.05) is 31.2 Å². The summed E-state index contributed by atoms with van der Waals surface area (Å²) in [5, 5.41) is 4.14. The minimum atomic E-state index is 0.581. The van der Waals surface area contributed by atoms with E-state index >= 15 is 0 Å². The summed E-state index contributed by atoms with van der Waals surface area (Å²) in [7, 11) is 1.64. The molecule has 0 saturated carbocycles. The Bertz CT molecular complexity index is 577. The molecule has 0 aliphatic heterocycles. The van der Waals surface area contributed by atoms with Crippen LogP contribution >= 0.6 is 0 Å².